The molecule has 0 fully saturated rings. The third-order valence-electron chi connectivity index (χ3n) is 3.08. The number of benzene rings is 1. The summed E-state index contributed by atoms with van der Waals surface area (Å²) in [7, 11) is 0. The number of hydrogen-bond acceptors (Lipinski definition) is 3. The molecule has 0 bridgehead atoms. The average Bonchev–Trinajstić information content (AvgIpc) is 2.83. The van der Waals surface area contributed by atoms with Crippen molar-refractivity contribution in [3.8, 4) is 0 Å². The van der Waals surface area contributed by atoms with Crippen LogP contribution < -0.4 is 5.32 Å². The SMILES string of the molecule is Fc1ccc2c(CCNc3ncncc3Cl)c[nH]c2c1. The summed E-state index contributed by atoms with van der Waals surface area (Å²) >= 11 is 5.96. The number of nitrogens with zero attached hydrogens (tertiary/aromatic N) is 2. The average molecular weight is 291 g/mol. The standard InChI is InChI=1S/C14H12ClFN4/c15-12-7-17-8-20-14(12)18-4-3-9-6-19-13-5-10(16)1-2-11(9)13/h1-2,5-8,19H,3-4H2,(H,17,18,20). The largest absolute Gasteiger partial charge is 0.368 e. The fourth-order valence-corrected chi connectivity index (χ4v) is 2.30. The fraction of sp³-hybridized carbons (Fsp3) is 0.143. The quantitative estimate of drug-likeness (QED) is 0.774. The summed E-state index contributed by atoms with van der Waals surface area (Å²) in [6.45, 7) is 0.682. The zero-order valence-corrected chi connectivity index (χ0v) is 11.3. The molecule has 0 radical (unpaired) electrons. The molecule has 3 aromatic rings. The zero-order chi connectivity index (χ0) is 13.9. The van der Waals surface area contributed by atoms with Crippen LogP contribution in [0.15, 0.2) is 36.9 Å². The van der Waals surface area contributed by atoms with Crippen molar-refractivity contribution in [1.29, 1.82) is 0 Å². The van der Waals surface area contributed by atoms with Crippen molar-refractivity contribution >= 4 is 28.3 Å². The molecule has 20 heavy (non-hydrogen) atoms. The zero-order valence-electron chi connectivity index (χ0n) is 10.5. The summed E-state index contributed by atoms with van der Waals surface area (Å²) in [4.78, 5) is 11.0. The van der Waals surface area contributed by atoms with Crippen molar-refractivity contribution in [3.05, 3.63) is 53.3 Å². The van der Waals surface area contributed by atoms with Gasteiger partial charge in [0.15, 0.2) is 0 Å². The molecule has 0 unspecified atom stereocenters. The molecule has 2 aromatic heterocycles. The van der Waals surface area contributed by atoms with E-state index < -0.39 is 0 Å². The summed E-state index contributed by atoms with van der Waals surface area (Å²) < 4.78 is 13.1. The van der Waals surface area contributed by atoms with E-state index in [9.17, 15) is 4.39 Å². The Kier molecular flexibility index (Phi) is 3.52. The minimum Gasteiger partial charge on any atom is -0.368 e. The van der Waals surface area contributed by atoms with Gasteiger partial charge in [-0.3, -0.25) is 0 Å². The van der Waals surface area contributed by atoms with Crippen molar-refractivity contribution in [2.75, 3.05) is 11.9 Å². The number of nitrogens with one attached hydrogen (secondary N) is 2. The van der Waals surface area contributed by atoms with Crippen LogP contribution in [0.3, 0.4) is 0 Å². The minimum absolute atomic E-state index is 0.239. The summed E-state index contributed by atoms with van der Waals surface area (Å²) in [6, 6.07) is 4.75. The van der Waals surface area contributed by atoms with Gasteiger partial charge in [-0.1, -0.05) is 11.6 Å². The van der Waals surface area contributed by atoms with Gasteiger partial charge in [0.05, 0.1) is 6.20 Å². The molecule has 0 amide bonds. The molecule has 3 rings (SSSR count). The minimum atomic E-state index is -0.239. The first kappa shape index (κ1) is 12.9. The Morgan fingerprint density at radius 2 is 2.25 bits per heavy atom. The number of halogens is 2. The highest BCUT2D eigenvalue weighted by Crippen LogP contribution is 2.20. The Morgan fingerprint density at radius 3 is 3.10 bits per heavy atom. The molecule has 2 N–H and O–H groups in total. The number of hydrogen-bond donors (Lipinski definition) is 2. The lowest BCUT2D eigenvalue weighted by molar-refractivity contribution is 0.629. The summed E-state index contributed by atoms with van der Waals surface area (Å²) in [5.74, 6) is 0.379. The molecule has 0 aliphatic carbocycles. The summed E-state index contributed by atoms with van der Waals surface area (Å²) in [5.41, 5.74) is 1.93. The highest BCUT2D eigenvalue weighted by molar-refractivity contribution is 6.32. The lowest BCUT2D eigenvalue weighted by Gasteiger charge is -2.05. The number of rotatable bonds is 4. The van der Waals surface area contributed by atoms with Crippen LogP contribution in [-0.2, 0) is 6.42 Å². The normalized spacial score (nSPS) is 10.9. The summed E-state index contributed by atoms with van der Waals surface area (Å²) in [5, 5.41) is 4.68. The van der Waals surface area contributed by atoms with Crippen molar-refractivity contribution in [2.24, 2.45) is 0 Å². The van der Waals surface area contributed by atoms with Crippen LogP contribution in [0.4, 0.5) is 10.2 Å². The number of aromatic nitrogens is 3. The van der Waals surface area contributed by atoms with E-state index in [1.54, 1.807) is 12.3 Å². The summed E-state index contributed by atoms with van der Waals surface area (Å²) in [6.07, 6.45) is 5.67. The number of fused-ring (bicyclic) bond motifs is 1. The van der Waals surface area contributed by atoms with Gasteiger partial charge in [-0.2, -0.15) is 0 Å². The Labute approximate surface area is 120 Å². The Hall–Kier alpha value is -2.14. The molecule has 102 valence electrons. The second kappa shape index (κ2) is 5.46. The molecule has 0 spiro atoms. The molecular formula is C14H12ClFN4. The molecule has 4 nitrogen and oxygen atoms in total. The van der Waals surface area contributed by atoms with Gasteiger partial charge in [0.25, 0.3) is 0 Å². The molecule has 0 saturated carbocycles. The van der Waals surface area contributed by atoms with E-state index in [4.69, 9.17) is 11.6 Å². The van der Waals surface area contributed by atoms with Crippen LogP contribution >= 0.6 is 11.6 Å². The highest BCUT2D eigenvalue weighted by Gasteiger charge is 2.05. The van der Waals surface area contributed by atoms with Crippen molar-refractivity contribution in [1.82, 2.24) is 15.0 Å². The Bertz CT molecular complexity index is 741. The Balaban J connectivity index is 1.70. The van der Waals surface area contributed by atoms with E-state index in [0.717, 1.165) is 22.9 Å². The second-order valence-electron chi connectivity index (χ2n) is 4.40. The number of anilines is 1. The van der Waals surface area contributed by atoms with Crippen LogP contribution in [0.2, 0.25) is 5.02 Å². The second-order valence-corrected chi connectivity index (χ2v) is 4.81. The molecule has 1 aromatic carbocycles. The molecule has 2 heterocycles. The van der Waals surface area contributed by atoms with E-state index in [1.165, 1.54) is 18.5 Å². The third kappa shape index (κ3) is 2.58. The van der Waals surface area contributed by atoms with Crippen LogP contribution in [0, 0.1) is 5.82 Å². The first-order valence-electron chi connectivity index (χ1n) is 6.19. The van der Waals surface area contributed by atoms with E-state index >= 15 is 0 Å². The van der Waals surface area contributed by atoms with Gasteiger partial charge in [0.1, 0.15) is 23.0 Å². The fourth-order valence-electron chi connectivity index (χ4n) is 2.12. The van der Waals surface area contributed by atoms with Crippen molar-refractivity contribution in [2.45, 2.75) is 6.42 Å². The van der Waals surface area contributed by atoms with E-state index in [1.807, 2.05) is 6.20 Å². The first-order chi connectivity index (χ1) is 9.74. The van der Waals surface area contributed by atoms with E-state index in [2.05, 4.69) is 20.3 Å². The van der Waals surface area contributed by atoms with Gasteiger partial charge in [-0.15, -0.1) is 0 Å². The van der Waals surface area contributed by atoms with Crippen molar-refractivity contribution in [3.63, 3.8) is 0 Å². The predicted octanol–water partition coefficient (Wildman–Crippen LogP) is 3.41. The van der Waals surface area contributed by atoms with Gasteiger partial charge in [0, 0.05) is 23.6 Å². The topological polar surface area (TPSA) is 53.6 Å². The number of H-pyrrole nitrogens is 1. The number of aromatic amines is 1. The smallest absolute Gasteiger partial charge is 0.148 e. The molecule has 0 atom stereocenters. The van der Waals surface area contributed by atoms with Crippen LogP contribution in [-0.4, -0.2) is 21.5 Å². The van der Waals surface area contributed by atoms with Gasteiger partial charge >= 0.3 is 0 Å². The maximum absolute atomic E-state index is 13.1. The van der Waals surface area contributed by atoms with E-state index in [0.29, 0.717) is 17.4 Å². The van der Waals surface area contributed by atoms with Crippen LogP contribution in [0.25, 0.3) is 10.9 Å². The van der Waals surface area contributed by atoms with Gasteiger partial charge in [-0.25, -0.2) is 14.4 Å². The monoisotopic (exact) mass is 290 g/mol. The maximum Gasteiger partial charge on any atom is 0.148 e. The lowest BCUT2D eigenvalue weighted by atomic mass is 10.1. The first-order valence-corrected chi connectivity index (χ1v) is 6.57. The molecule has 0 aliphatic heterocycles. The van der Waals surface area contributed by atoms with Gasteiger partial charge in [0.2, 0.25) is 0 Å². The molecule has 0 aliphatic rings. The van der Waals surface area contributed by atoms with Gasteiger partial charge < -0.3 is 10.3 Å². The van der Waals surface area contributed by atoms with Crippen LogP contribution in [0.5, 0.6) is 0 Å². The predicted molar refractivity (Wildman–Crippen MR) is 77.5 cm³/mol. The van der Waals surface area contributed by atoms with Crippen molar-refractivity contribution < 1.29 is 4.39 Å². The molecule has 6 heteroatoms. The third-order valence-corrected chi connectivity index (χ3v) is 3.36. The van der Waals surface area contributed by atoms with Crippen LogP contribution in [0.1, 0.15) is 5.56 Å². The van der Waals surface area contributed by atoms with Gasteiger partial charge in [-0.05, 0) is 30.2 Å². The maximum atomic E-state index is 13.1. The lowest BCUT2D eigenvalue weighted by Crippen LogP contribution is -2.06. The van der Waals surface area contributed by atoms with E-state index in [-0.39, 0.29) is 5.82 Å². The molecule has 0 saturated heterocycles. The highest BCUT2D eigenvalue weighted by atomic mass is 35.5. The molecular weight excluding hydrogens is 279 g/mol. The Morgan fingerprint density at radius 1 is 1.35 bits per heavy atom.